The molecule has 0 saturated heterocycles. The van der Waals surface area contributed by atoms with Crippen LogP contribution in [0.1, 0.15) is 31.8 Å². The van der Waals surface area contributed by atoms with E-state index in [9.17, 15) is 22.4 Å². The van der Waals surface area contributed by atoms with E-state index in [2.05, 4.69) is 9.97 Å². The lowest BCUT2D eigenvalue weighted by molar-refractivity contribution is 0.103. The van der Waals surface area contributed by atoms with Gasteiger partial charge in [0.25, 0.3) is 0 Å². The van der Waals surface area contributed by atoms with Crippen LogP contribution >= 0.6 is 34.8 Å². The number of H-pyrrole nitrogens is 1. The maximum atomic E-state index is 15.4. The first-order valence-corrected chi connectivity index (χ1v) is 15.1. The maximum Gasteiger partial charge on any atom is 0.235 e. The van der Waals surface area contributed by atoms with E-state index >= 15 is 4.39 Å². The minimum Gasteiger partial charge on any atom is -0.395 e. The lowest BCUT2D eigenvalue weighted by Crippen LogP contribution is -2.20. The van der Waals surface area contributed by atoms with Gasteiger partial charge < -0.3 is 10.1 Å². The van der Waals surface area contributed by atoms with Crippen molar-refractivity contribution in [1.29, 1.82) is 0 Å². The number of halogens is 5. The van der Waals surface area contributed by atoms with Crippen LogP contribution in [0.3, 0.4) is 0 Å². The van der Waals surface area contributed by atoms with Crippen molar-refractivity contribution in [2.24, 2.45) is 0 Å². The van der Waals surface area contributed by atoms with Crippen LogP contribution in [0.2, 0.25) is 15.1 Å². The molecule has 14 heteroatoms. The van der Waals surface area contributed by atoms with Gasteiger partial charge in [0.2, 0.25) is 15.8 Å². The fourth-order valence-electron chi connectivity index (χ4n) is 4.49. The van der Waals surface area contributed by atoms with Gasteiger partial charge in [0.1, 0.15) is 11.5 Å². The Morgan fingerprint density at radius 2 is 1.60 bits per heavy atom. The Kier molecular flexibility index (Phi) is 8.55. The fourth-order valence-corrected chi connectivity index (χ4v) is 6.10. The first kappa shape index (κ1) is 30.6. The number of carbonyl (C=O) groups is 2. The van der Waals surface area contributed by atoms with Crippen LogP contribution in [0.5, 0.6) is 0 Å². The molecule has 2 heterocycles. The van der Waals surface area contributed by atoms with Crippen molar-refractivity contribution in [2.45, 2.75) is 0 Å². The number of aliphatic hydroxyl groups excluding tert-OH is 1. The molecule has 5 rings (SSSR count). The normalized spacial score (nSPS) is 11.6. The summed E-state index contributed by atoms with van der Waals surface area (Å²) in [5, 5.41) is 9.42. The molecule has 0 aliphatic carbocycles. The summed E-state index contributed by atoms with van der Waals surface area (Å²) < 4.78 is 56.3. The van der Waals surface area contributed by atoms with Gasteiger partial charge >= 0.3 is 0 Å². The number of aromatic amines is 1. The van der Waals surface area contributed by atoms with E-state index in [1.54, 1.807) is 30.3 Å². The highest BCUT2D eigenvalue weighted by Gasteiger charge is 2.29. The molecule has 0 aliphatic heterocycles. The van der Waals surface area contributed by atoms with E-state index in [1.165, 1.54) is 18.3 Å². The summed E-state index contributed by atoms with van der Waals surface area (Å²) >= 11 is 19.1. The summed E-state index contributed by atoms with van der Waals surface area (Å²) in [5.74, 6) is -5.41. The van der Waals surface area contributed by atoms with Crippen LogP contribution in [0.15, 0.2) is 67.0 Å². The minimum atomic E-state index is -4.20. The minimum absolute atomic E-state index is 0.0149. The fraction of sp³-hybridized carbons (Fsp3) is 0.0690. The molecular weight excluding hydrogens is 647 g/mol. The molecule has 0 atom stereocenters. The molecular formula is C29H18Cl3F2N3O5S. The molecule has 0 bridgehead atoms. The predicted octanol–water partition coefficient (Wildman–Crippen LogP) is 6.66. The molecule has 43 heavy (non-hydrogen) atoms. The summed E-state index contributed by atoms with van der Waals surface area (Å²) in [6, 6.07) is 12.7. The molecule has 3 N–H and O–H groups in total. The number of rotatable bonds is 9. The highest BCUT2D eigenvalue weighted by molar-refractivity contribution is 7.92. The number of benzene rings is 3. The topological polar surface area (TPSA) is 129 Å². The molecule has 0 fully saturated rings. The number of sulfonamides is 1. The van der Waals surface area contributed by atoms with Crippen LogP contribution in [-0.4, -0.2) is 47.4 Å². The standard InChI is InChI=1S/C29H18Cl3F2N3O5S/c30-15-3-1-14(2-4-15)16-5-6-19(31)23(25(16)32)27(39)17-9-10-35-29-22(17)18(13-36-29)28(40)24-20(33)7-8-21(26(24)34)37-43(41,42)12-11-38/h1-10,13,37-38H,11-12H2,(H,35,36). The maximum absolute atomic E-state index is 15.4. The Morgan fingerprint density at radius 1 is 0.907 bits per heavy atom. The number of aliphatic hydroxyl groups is 1. The Balaban J connectivity index is 1.63. The number of aromatic nitrogens is 2. The number of hydrogen-bond donors (Lipinski definition) is 3. The third-order valence-corrected chi connectivity index (χ3v) is 8.69. The number of ketones is 2. The molecule has 0 unspecified atom stereocenters. The van der Waals surface area contributed by atoms with Crippen molar-refractivity contribution in [3.05, 3.63) is 116 Å². The first-order chi connectivity index (χ1) is 20.4. The predicted molar refractivity (Wildman–Crippen MR) is 161 cm³/mol. The average molecular weight is 665 g/mol. The monoisotopic (exact) mass is 663 g/mol. The van der Waals surface area contributed by atoms with Crippen molar-refractivity contribution >= 4 is 73.1 Å². The summed E-state index contributed by atoms with van der Waals surface area (Å²) in [7, 11) is -4.20. The molecule has 8 nitrogen and oxygen atoms in total. The Labute approximate surface area is 258 Å². The first-order valence-electron chi connectivity index (χ1n) is 12.3. The molecule has 2 aromatic heterocycles. The summed E-state index contributed by atoms with van der Waals surface area (Å²) in [4.78, 5) is 34.4. The van der Waals surface area contributed by atoms with Crippen molar-refractivity contribution < 1.29 is 31.9 Å². The zero-order valence-corrected chi connectivity index (χ0v) is 24.7. The number of carbonyl (C=O) groups excluding carboxylic acids is 2. The number of nitrogens with one attached hydrogen (secondary N) is 2. The van der Waals surface area contributed by atoms with E-state index < -0.39 is 56.8 Å². The molecule has 220 valence electrons. The number of anilines is 1. The quantitative estimate of drug-likeness (QED) is 0.151. The number of pyridine rings is 1. The van der Waals surface area contributed by atoms with Gasteiger partial charge in [-0.25, -0.2) is 22.2 Å². The van der Waals surface area contributed by atoms with Crippen molar-refractivity contribution in [3.8, 4) is 11.1 Å². The van der Waals surface area contributed by atoms with Gasteiger partial charge in [0.15, 0.2) is 11.6 Å². The third kappa shape index (κ3) is 5.86. The molecule has 0 spiro atoms. The lowest BCUT2D eigenvalue weighted by Gasteiger charge is -2.13. The molecule has 3 aromatic carbocycles. The van der Waals surface area contributed by atoms with Gasteiger partial charge in [-0.05, 0) is 42.0 Å². The Bertz CT molecular complexity index is 2030. The third-order valence-electron chi connectivity index (χ3n) is 6.48. The zero-order chi connectivity index (χ0) is 31.1. The summed E-state index contributed by atoms with van der Waals surface area (Å²) in [6.45, 7) is -0.750. The second-order valence-electron chi connectivity index (χ2n) is 9.16. The summed E-state index contributed by atoms with van der Waals surface area (Å²) in [5.41, 5.74) is -1.09. The van der Waals surface area contributed by atoms with Gasteiger partial charge in [-0.15, -0.1) is 0 Å². The van der Waals surface area contributed by atoms with Crippen LogP contribution in [-0.2, 0) is 10.0 Å². The number of hydrogen-bond acceptors (Lipinski definition) is 6. The highest BCUT2D eigenvalue weighted by Crippen LogP contribution is 2.38. The van der Waals surface area contributed by atoms with Crippen LogP contribution in [0, 0.1) is 11.6 Å². The lowest BCUT2D eigenvalue weighted by atomic mass is 9.94. The molecule has 0 saturated carbocycles. The Morgan fingerprint density at radius 3 is 2.30 bits per heavy atom. The average Bonchev–Trinajstić information content (AvgIpc) is 3.40. The zero-order valence-electron chi connectivity index (χ0n) is 21.6. The summed E-state index contributed by atoms with van der Waals surface area (Å²) in [6.07, 6.45) is 2.43. The van der Waals surface area contributed by atoms with E-state index in [0.29, 0.717) is 22.2 Å². The van der Waals surface area contributed by atoms with Crippen molar-refractivity contribution in [1.82, 2.24) is 9.97 Å². The van der Waals surface area contributed by atoms with E-state index in [4.69, 9.17) is 39.9 Å². The molecule has 0 aliphatic rings. The van der Waals surface area contributed by atoms with Gasteiger partial charge in [-0.3, -0.25) is 14.3 Å². The van der Waals surface area contributed by atoms with E-state index in [-0.39, 0.29) is 37.8 Å². The Hall–Kier alpha value is -3.87. The molecule has 5 aromatic rings. The second kappa shape index (κ2) is 12.0. The van der Waals surface area contributed by atoms with Crippen molar-refractivity contribution in [3.63, 3.8) is 0 Å². The molecule has 0 radical (unpaired) electrons. The van der Waals surface area contributed by atoms with E-state index in [0.717, 1.165) is 12.3 Å². The van der Waals surface area contributed by atoms with Crippen LogP contribution < -0.4 is 4.72 Å². The van der Waals surface area contributed by atoms with Gasteiger partial charge in [-0.1, -0.05) is 53.0 Å². The van der Waals surface area contributed by atoms with Gasteiger partial charge in [0, 0.05) is 33.9 Å². The van der Waals surface area contributed by atoms with Crippen molar-refractivity contribution in [2.75, 3.05) is 17.1 Å². The number of fused-ring (bicyclic) bond motifs is 1. The highest BCUT2D eigenvalue weighted by atomic mass is 35.5. The van der Waals surface area contributed by atoms with Gasteiger partial charge in [-0.2, -0.15) is 0 Å². The van der Waals surface area contributed by atoms with E-state index in [1.807, 2.05) is 4.72 Å². The van der Waals surface area contributed by atoms with Crippen LogP contribution in [0.4, 0.5) is 14.5 Å². The second-order valence-corrected chi connectivity index (χ2v) is 12.2. The van der Waals surface area contributed by atoms with Gasteiger partial charge in [0.05, 0.1) is 44.8 Å². The largest absolute Gasteiger partial charge is 0.395 e. The molecule has 0 amide bonds. The number of nitrogens with zero attached hydrogens (tertiary/aromatic N) is 1. The van der Waals surface area contributed by atoms with Crippen LogP contribution in [0.25, 0.3) is 22.2 Å². The smallest absolute Gasteiger partial charge is 0.235 e. The SMILES string of the molecule is O=C(c1c(F)ccc(NS(=O)(=O)CCO)c1F)c1c[nH]c2nccc(C(=O)c3c(Cl)ccc(-c4ccc(Cl)cc4)c3Cl)c12.